The van der Waals surface area contributed by atoms with Gasteiger partial charge in [0.05, 0.1) is 10.6 Å². The lowest BCUT2D eigenvalue weighted by Gasteiger charge is -2.41. The van der Waals surface area contributed by atoms with Crippen LogP contribution in [-0.4, -0.2) is 35.3 Å². The quantitative estimate of drug-likeness (QED) is 0.862. The Morgan fingerprint density at radius 1 is 1.19 bits per heavy atom. The summed E-state index contributed by atoms with van der Waals surface area (Å²) in [6.07, 6.45) is 1.40. The zero-order valence-corrected chi connectivity index (χ0v) is 13.8. The van der Waals surface area contributed by atoms with E-state index in [2.05, 4.69) is 19.2 Å². The summed E-state index contributed by atoms with van der Waals surface area (Å²) < 4.78 is 0. The summed E-state index contributed by atoms with van der Waals surface area (Å²) in [7, 11) is 0. The number of ketones is 1. The van der Waals surface area contributed by atoms with Gasteiger partial charge in [-0.1, -0.05) is 25.2 Å². The van der Waals surface area contributed by atoms with Crippen LogP contribution in [0.3, 0.4) is 0 Å². The van der Waals surface area contributed by atoms with Gasteiger partial charge in [-0.05, 0) is 25.7 Å². The molecular formula is C15H21N3O2S. The average Bonchev–Trinajstić information content (AvgIpc) is 2.74. The number of Topliss-reactive ketones (excluding diaryl/α,β-unsaturated/α-hetero) is 1. The monoisotopic (exact) mass is 307 g/mol. The van der Waals surface area contributed by atoms with E-state index in [-0.39, 0.29) is 17.1 Å². The molecule has 1 fully saturated rings. The van der Waals surface area contributed by atoms with E-state index in [0.29, 0.717) is 13.0 Å². The van der Waals surface area contributed by atoms with Crippen molar-refractivity contribution in [3.05, 3.63) is 10.6 Å². The van der Waals surface area contributed by atoms with Crippen molar-refractivity contribution in [1.82, 2.24) is 10.3 Å². The number of nitrogens with zero attached hydrogens (tertiary/aromatic N) is 2. The number of hydrogen-bond donors (Lipinski definition) is 1. The molecule has 6 heteroatoms. The number of hydrogen-bond acceptors (Lipinski definition) is 5. The normalized spacial score (nSPS) is 23.7. The second kappa shape index (κ2) is 4.53. The van der Waals surface area contributed by atoms with Crippen LogP contribution in [0, 0.1) is 5.41 Å². The number of rotatable bonds is 1. The maximum absolute atomic E-state index is 12.3. The van der Waals surface area contributed by atoms with Crippen LogP contribution in [0.4, 0.5) is 5.13 Å². The summed E-state index contributed by atoms with van der Waals surface area (Å²) in [4.78, 5) is 31.9. The van der Waals surface area contributed by atoms with Gasteiger partial charge in [0.1, 0.15) is 5.54 Å². The third-order valence-corrected chi connectivity index (χ3v) is 5.47. The first-order chi connectivity index (χ1) is 9.71. The van der Waals surface area contributed by atoms with Crippen molar-refractivity contribution in [3.63, 3.8) is 0 Å². The molecule has 0 radical (unpaired) electrons. The molecule has 1 aromatic rings. The molecule has 0 aromatic carbocycles. The van der Waals surface area contributed by atoms with Crippen molar-refractivity contribution >= 4 is 28.2 Å². The van der Waals surface area contributed by atoms with Gasteiger partial charge in [0.25, 0.3) is 0 Å². The van der Waals surface area contributed by atoms with E-state index in [1.165, 1.54) is 11.3 Å². The van der Waals surface area contributed by atoms with E-state index in [1.54, 1.807) is 0 Å². The molecule has 2 aliphatic rings. The first-order valence-electron chi connectivity index (χ1n) is 7.29. The van der Waals surface area contributed by atoms with Crippen LogP contribution in [0.25, 0.3) is 0 Å². The molecule has 5 nitrogen and oxygen atoms in total. The summed E-state index contributed by atoms with van der Waals surface area (Å²) in [6, 6.07) is 0. The molecule has 3 rings (SSSR count). The number of aromatic nitrogens is 1. The van der Waals surface area contributed by atoms with Crippen LogP contribution in [0.2, 0.25) is 0 Å². The number of piperazine rings is 1. The van der Waals surface area contributed by atoms with Crippen LogP contribution in [0.1, 0.15) is 49.5 Å². The van der Waals surface area contributed by atoms with E-state index < -0.39 is 5.54 Å². The van der Waals surface area contributed by atoms with Crippen molar-refractivity contribution in [3.8, 4) is 0 Å². The highest BCUT2D eigenvalue weighted by atomic mass is 32.1. The third kappa shape index (κ3) is 2.35. The fraction of sp³-hybridized carbons (Fsp3) is 0.667. The topological polar surface area (TPSA) is 62.3 Å². The Hall–Kier alpha value is -1.43. The third-order valence-electron chi connectivity index (χ3n) is 4.31. The molecule has 0 unspecified atom stereocenters. The largest absolute Gasteiger partial charge is 0.352 e. The van der Waals surface area contributed by atoms with Crippen LogP contribution in [0.15, 0.2) is 0 Å². The summed E-state index contributed by atoms with van der Waals surface area (Å²) in [5.74, 6) is 0.192. The maximum Gasteiger partial charge on any atom is 0.245 e. The van der Waals surface area contributed by atoms with E-state index >= 15 is 0 Å². The Balaban J connectivity index is 1.99. The first-order valence-corrected chi connectivity index (χ1v) is 8.11. The molecule has 114 valence electrons. The van der Waals surface area contributed by atoms with Crippen molar-refractivity contribution in [2.24, 2.45) is 5.41 Å². The first kappa shape index (κ1) is 14.5. The minimum atomic E-state index is -0.628. The minimum Gasteiger partial charge on any atom is -0.352 e. The Morgan fingerprint density at radius 2 is 1.90 bits per heavy atom. The van der Waals surface area contributed by atoms with Gasteiger partial charge < -0.3 is 10.2 Å². The van der Waals surface area contributed by atoms with E-state index in [9.17, 15) is 9.59 Å². The summed E-state index contributed by atoms with van der Waals surface area (Å²) >= 11 is 1.44. The minimum absolute atomic E-state index is 0.00794. The molecule has 1 aromatic heterocycles. The zero-order valence-electron chi connectivity index (χ0n) is 12.9. The average molecular weight is 307 g/mol. The van der Waals surface area contributed by atoms with E-state index in [4.69, 9.17) is 4.98 Å². The van der Waals surface area contributed by atoms with Gasteiger partial charge in [0.15, 0.2) is 10.9 Å². The van der Waals surface area contributed by atoms with Crippen molar-refractivity contribution in [1.29, 1.82) is 0 Å². The highest BCUT2D eigenvalue weighted by molar-refractivity contribution is 7.17. The van der Waals surface area contributed by atoms with Gasteiger partial charge in [0, 0.05) is 19.5 Å². The molecule has 1 aliphatic heterocycles. The number of carbonyl (C=O) groups excluding carboxylic acids is 2. The predicted octanol–water partition coefficient (Wildman–Crippen LogP) is 2.01. The van der Waals surface area contributed by atoms with Gasteiger partial charge >= 0.3 is 0 Å². The molecule has 0 atom stereocenters. The molecule has 1 N–H and O–H groups in total. The van der Waals surface area contributed by atoms with Gasteiger partial charge in [-0.2, -0.15) is 0 Å². The molecule has 1 saturated heterocycles. The summed E-state index contributed by atoms with van der Waals surface area (Å²) in [5, 5.41) is 3.68. The maximum atomic E-state index is 12.3. The molecule has 1 amide bonds. The summed E-state index contributed by atoms with van der Waals surface area (Å²) in [5.41, 5.74) is 0.250. The SMILES string of the molecule is CC1(C)CC(=O)c2sc(N3CCNC(=O)C3(C)C)nc2C1. The fourth-order valence-electron chi connectivity index (χ4n) is 3.06. The molecule has 0 bridgehead atoms. The molecule has 1 aliphatic carbocycles. The van der Waals surface area contributed by atoms with Gasteiger partial charge in [0.2, 0.25) is 5.91 Å². The molecule has 2 heterocycles. The molecule has 0 spiro atoms. The van der Waals surface area contributed by atoms with Crippen molar-refractivity contribution < 1.29 is 9.59 Å². The standard InChI is InChI=1S/C15H21N3O2S/c1-14(2)7-9-11(10(19)8-14)21-13(17-9)18-6-5-16-12(20)15(18,3)4/h5-8H2,1-4H3,(H,16,20). The lowest BCUT2D eigenvalue weighted by molar-refractivity contribution is -0.126. The smallest absolute Gasteiger partial charge is 0.245 e. The second-order valence-corrected chi connectivity index (χ2v) is 8.16. The number of carbonyl (C=O) groups is 2. The Kier molecular flexibility index (Phi) is 3.13. The number of nitrogens with one attached hydrogen (secondary N) is 1. The predicted molar refractivity (Wildman–Crippen MR) is 83.0 cm³/mol. The van der Waals surface area contributed by atoms with Gasteiger partial charge in [-0.15, -0.1) is 0 Å². The van der Waals surface area contributed by atoms with Crippen LogP contribution in [0.5, 0.6) is 0 Å². The number of anilines is 1. The molecule has 0 saturated carbocycles. The zero-order chi connectivity index (χ0) is 15.4. The van der Waals surface area contributed by atoms with Crippen LogP contribution in [-0.2, 0) is 11.2 Å². The van der Waals surface area contributed by atoms with Gasteiger partial charge in [-0.3, -0.25) is 9.59 Å². The highest BCUT2D eigenvalue weighted by Crippen LogP contribution is 2.40. The number of amides is 1. The Bertz CT molecular complexity index is 618. The van der Waals surface area contributed by atoms with Crippen molar-refractivity contribution in [2.45, 2.75) is 46.1 Å². The fourth-order valence-corrected chi connectivity index (χ4v) is 4.25. The molecule has 21 heavy (non-hydrogen) atoms. The lowest BCUT2D eigenvalue weighted by Crippen LogP contribution is -2.62. The van der Waals surface area contributed by atoms with Crippen LogP contribution >= 0.6 is 11.3 Å². The van der Waals surface area contributed by atoms with Crippen LogP contribution < -0.4 is 10.2 Å². The second-order valence-electron chi connectivity index (χ2n) is 7.18. The Morgan fingerprint density at radius 3 is 2.62 bits per heavy atom. The highest BCUT2D eigenvalue weighted by Gasteiger charge is 2.41. The van der Waals surface area contributed by atoms with Crippen molar-refractivity contribution in [2.75, 3.05) is 18.0 Å². The number of thiazole rings is 1. The number of fused-ring (bicyclic) bond motifs is 1. The van der Waals surface area contributed by atoms with E-state index in [0.717, 1.165) is 28.7 Å². The summed E-state index contributed by atoms with van der Waals surface area (Å²) in [6.45, 7) is 9.34. The molecular weight excluding hydrogens is 286 g/mol. The van der Waals surface area contributed by atoms with E-state index in [1.807, 2.05) is 18.7 Å². The lowest BCUT2D eigenvalue weighted by atomic mass is 9.78. The Labute approximate surface area is 128 Å². The van der Waals surface area contributed by atoms with Gasteiger partial charge in [-0.25, -0.2) is 4.98 Å².